The van der Waals surface area contributed by atoms with E-state index in [1.54, 1.807) is 4.90 Å². The third kappa shape index (κ3) is 2.68. The first kappa shape index (κ1) is 15.3. The van der Waals surface area contributed by atoms with Crippen molar-refractivity contribution in [1.29, 1.82) is 0 Å². The molecule has 0 aromatic rings. The van der Waals surface area contributed by atoms with Crippen LogP contribution in [0.4, 0.5) is 0 Å². The molecule has 2 aliphatic heterocycles. The molecule has 2 rings (SSSR count). The highest BCUT2D eigenvalue weighted by atomic mass is 32.2. The topological polar surface area (TPSA) is 83.6 Å². The van der Waals surface area contributed by atoms with Crippen LogP contribution in [0.25, 0.3) is 0 Å². The van der Waals surface area contributed by atoms with Gasteiger partial charge < -0.3 is 10.2 Å². The molecule has 2 saturated heterocycles. The van der Waals surface area contributed by atoms with Gasteiger partial charge in [-0.25, -0.2) is 8.42 Å². The molecule has 7 heteroatoms. The van der Waals surface area contributed by atoms with Crippen molar-refractivity contribution in [2.24, 2.45) is 5.92 Å². The Bertz CT molecular complexity index is 526. The van der Waals surface area contributed by atoms with E-state index in [0.717, 1.165) is 12.7 Å². The predicted molar refractivity (Wildman–Crippen MR) is 74.8 cm³/mol. The minimum Gasteiger partial charge on any atom is -0.353 e. The van der Waals surface area contributed by atoms with Gasteiger partial charge in [0.1, 0.15) is 4.75 Å². The molecule has 2 heterocycles. The number of nitrogens with one attached hydrogen (secondary N) is 1. The number of hydrogen-bond donors (Lipinski definition) is 1. The molecule has 20 heavy (non-hydrogen) atoms. The Hall–Kier alpha value is -1.11. The minimum absolute atomic E-state index is 0.0718. The summed E-state index contributed by atoms with van der Waals surface area (Å²) in [7, 11) is -3.45. The van der Waals surface area contributed by atoms with Crippen molar-refractivity contribution in [3.63, 3.8) is 0 Å². The van der Waals surface area contributed by atoms with E-state index in [0.29, 0.717) is 25.9 Å². The van der Waals surface area contributed by atoms with Crippen LogP contribution in [-0.2, 0) is 19.4 Å². The number of piperidine rings is 2. The quantitative estimate of drug-likeness (QED) is 0.774. The van der Waals surface area contributed by atoms with Crippen molar-refractivity contribution < 1.29 is 18.0 Å². The van der Waals surface area contributed by atoms with Crippen molar-refractivity contribution in [2.75, 3.05) is 19.3 Å². The normalized spacial score (nSPS) is 27.8. The first-order chi connectivity index (χ1) is 9.13. The van der Waals surface area contributed by atoms with Gasteiger partial charge in [0.15, 0.2) is 9.84 Å². The maximum atomic E-state index is 12.5. The van der Waals surface area contributed by atoms with Crippen LogP contribution in [-0.4, -0.2) is 55.3 Å². The Morgan fingerprint density at radius 3 is 2.60 bits per heavy atom. The lowest BCUT2D eigenvalue weighted by Crippen LogP contribution is -2.58. The lowest BCUT2D eigenvalue weighted by atomic mass is 9.85. The van der Waals surface area contributed by atoms with Crippen LogP contribution in [0.15, 0.2) is 0 Å². The first-order valence-corrected chi connectivity index (χ1v) is 8.80. The van der Waals surface area contributed by atoms with Crippen LogP contribution in [0.5, 0.6) is 0 Å². The van der Waals surface area contributed by atoms with E-state index in [1.165, 1.54) is 13.8 Å². The molecule has 114 valence electrons. The monoisotopic (exact) mass is 302 g/mol. The number of carbonyl (C=O) groups is 2. The van der Waals surface area contributed by atoms with E-state index >= 15 is 0 Å². The Morgan fingerprint density at radius 1 is 1.35 bits per heavy atom. The van der Waals surface area contributed by atoms with Crippen molar-refractivity contribution in [1.82, 2.24) is 10.2 Å². The van der Waals surface area contributed by atoms with Crippen LogP contribution in [0, 0.1) is 5.92 Å². The zero-order valence-corrected chi connectivity index (χ0v) is 13.0. The van der Waals surface area contributed by atoms with Gasteiger partial charge >= 0.3 is 0 Å². The fourth-order valence-electron chi connectivity index (χ4n) is 2.83. The summed E-state index contributed by atoms with van der Waals surface area (Å²) < 4.78 is 22.1. The van der Waals surface area contributed by atoms with E-state index < -0.39 is 14.6 Å². The van der Waals surface area contributed by atoms with Crippen molar-refractivity contribution in [3.05, 3.63) is 0 Å². The van der Waals surface area contributed by atoms with Gasteiger partial charge in [0.05, 0.1) is 0 Å². The minimum atomic E-state index is -3.45. The van der Waals surface area contributed by atoms with E-state index in [2.05, 4.69) is 5.32 Å². The lowest BCUT2D eigenvalue weighted by Gasteiger charge is -2.43. The maximum Gasteiger partial charge on any atom is 0.243 e. The van der Waals surface area contributed by atoms with Gasteiger partial charge in [-0.15, -0.1) is 0 Å². The molecule has 2 unspecified atom stereocenters. The Kier molecular flexibility index (Phi) is 3.83. The Balaban J connectivity index is 2.09. The number of amides is 2. The number of hydrogen-bond acceptors (Lipinski definition) is 4. The second-order valence-electron chi connectivity index (χ2n) is 6.30. The second-order valence-corrected chi connectivity index (χ2v) is 8.86. The average molecular weight is 302 g/mol. The highest BCUT2D eigenvalue weighted by Crippen LogP contribution is 2.28. The Labute approximate surface area is 119 Å². The molecule has 2 aliphatic rings. The largest absolute Gasteiger partial charge is 0.353 e. The fourth-order valence-corrected chi connectivity index (χ4v) is 3.28. The average Bonchev–Trinajstić information content (AvgIpc) is 2.35. The van der Waals surface area contributed by atoms with E-state index in [-0.39, 0.29) is 23.8 Å². The van der Waals surface area contributed by atoms with Crippen molar-refractivity contribution in [2.45, 2.75) is 43.9 Å². The van der Waals surface area contributed by atoms with E-state index in [4.69, 9.17) is 0 Å². The predicted octanol–water partition coefficient (Wildman–Crippen LogP) is -0.0633. The number of sulfone groups is 1. The highest BCUT2D eigenvalue weighted by Gasteiger charge is 2.44. The molecule has 2 fully saturated rings. The summed E-state index contributed by atoms with van der Waals surface area (Å²) in [5, 5.41) is 2.95. The van der Waals surface area contributed by atoms with Crippen LogP contribution in [0.3, 0.4) is 0 Å². The summed E-state index contributed by atoms with van der Waals surface area (Å²) in [5.41, 5.74) is 0. The molecule has 0 saturated carbocycles. The summed E-state index contributed by atoms with van der Waals surface area (Å²) in [6, 6.07) is 0.127. The zero-order valence-electron chi connectivity index (χ0n) is 12.2. The Morgan fingerprint density at radius 2 is 2.00 bits per heavy atom. The molecule has 2 atom stereocenters. The number of likely N-dealkylation sites (tertiary alicyclic amines) is 1. The molecular weight excluding hydrogens is 280 g/mol. The fraction of sp³-hybridized carbons (Fsp3) is 0.846. The summed E-state index contributed by atoms with van der Waals surface area (Å²) in [4.78, 5) is 25.5. The van der Waals surface area contributed by atoms with E-state index in [1.807, 2.05) is 0 Å². The third-order valence-corrected chi connectivity index (χ3v) is 6.58. The van der Waals surface area contributed by atoms with Crippen LogP contribution >= 0.6 is 0 Å². The number of fused-ring (bicyclic) bond motifs is 1. The summed E-state index contributed by atoms with van der Waals surface area (Å²) >= 11 is 0. The molecule has 6 nitrogen and oxygen atoms in total. The molecule has 0 aromatic heterocycles. The van der Waals surface area contributed by atoms with Gasteiger partial charge in [-0.2, -0.15) is 0 Å². The number of rotatable bonds is 2. The molecular formula is C13H22N2O4S. The SMILES string of the molecule is CC(C)(C(=O)N1CCC2NC(=O)CCC2C1)S(C)(=O)=O. The lowest BCUT2D eigenvalue weighted by molar-refractivity contribution is -0.136. The van der Waals surface area contributed by atoms with Gasteiger partial charge in [0.2, 0.25) is 11.8 Å². The maximum absolute atomic E-state index is 12.5. The molecule has 0 aromatic carbocycles. The summed E-state index contributed by atoms with van der Waals surface area (Å²) in [5.74, 6) is -0.0291. The zero-order chi connectivity index (χ0) is 15.1. The van der Waals surface area contributed by atoms with Crippen LogP contribution in [0.1, 0.15) is 33.1 Å². The summed E-state index contributed by atoms with van der Waals surface area (Å²) in [6.07, 6.45) is 3.04. The number of nitrogens with zero attached hydrogens (tertiary/aromatic N) is 1. The van der Waals surface area contributed by atoms with Crippen molar-refractivity contribution in [3.8, 4) is 0 Å². The summed E-state index contributed by atoms with van der Waals surface area (Å²) in [6.45, 7) is 3.95. The first-order valence-electron chi connectivity index (χ1n) is 6.91. The smallest absolute Gasteiger partial charge is 0.243 e. The molecule has 0 spiro atoms. The number of carbonyl (C=O) groups excluding carboxylic acids is 2. The van der Waals surface area contributed by atoms with Gasteiger partial charge in [-0.3, -0.25) is 9.59 Å². The van der Waals surface area contributed by atoms with Gasteiger partial charge in [-0.05, 0) is 32.6 Å². The standard InChI is InChI=1S/C13H22N2O4S/c1-13(2,20(3,18)19)12(17)15-7-6-10-9(8-15)4-5-11(16)14-10/h9-10H,4-8H2,1-3H3,(H,14,16). The van der Waals surface area contributed by atoms with Crippen molar-refractivity contribution >= 4 is 21.7 Å². The highest BCUT2D eigenvalue weighted by molar-refractivity contribution is 7.92. The molecule has 2 amide bonds. The molecule has 0 bridgehead atoms. The molecule has 0 aliphatic carbocycles. The van der Waals surface area contributed by atoms with E-state index in [9.17, 15) is 18.0 Å². The third-order valence-electron chi connectivity index (χ3n) is 4.55. The van der Waals surface area contributed by atoms with Gasteiger partial charge in [0.25, 0.3) is 0 Å². The van der Waals surface area contributed by atoms with Gasteiger partial charge in [0, 0.05) is 31.8 Å². The van der Waals surface area contributed by atoms with Crippen LogP contribution in [0.2, 0.25) is 0 Å². The van der Waals surface area contributed by atoms with Gasteiger partial charge in [-0.1, -0.05) is 0 Å². The molecule has 0 radical (unpaired) electrons. The van der Waals surface area contributed by atoms with Crippen LogP contribution < -0.4 is 5.32 Å². The molecule has 1 N–H and O–H groups in total. The second kappa shape index (κ2) is 5.02.